The number of fused-ring (bicyclic) bond motifs is 1. The predicted octanol–water partition coefficient (Wildman–Crippen LogP) is 2.65. The molecule has 1 unspecified atom stereocenters. The Morgan fingerprint density at radius 2 is 1.97 bits per heavy atom. The van der Waals surface area contributed by atoms with E-state index in [0.29, 0.717) is 13.0 Å². The largest absolute Gasteiger partial charge is 0.458 e. The maximum atomic E-state index is 13.1. The zero-order valence-electron chi connectivity index (χ0n) is 20.9. The number of aromatic nitrogens is 1. The standard InChI is InChI=1S/C25H38N2O6S/c1-13(9-17-12-34-16(4)27-17)19-10-20-18(32-20)7-8-26-15(3)23(30)14(2)24(31)25(5,6)21(28)11-22(29)33-19/h9,12,14-15,18-21,23,26,28,30H,7-8,10-11H2,1-6H3/t14?,15-,18+,19-,20-,21-,23-/m0/s1. The number of esters is 1. The summed E-state index contributed by atoms with van der Waals surface area (Å²) in [6.45, 7) is 11.2. The molecule has 2 saturated heterocycles. The van der Waals surface area contributed by atoms with Crippen molar-refractivity contribution in [1.29, 1.82) is 0 Å². The number of carbonyl (C=O) groups excluding carboxylic acids is 2. The van der Waals surface area contributed by atoms with Crippen molar-refractivity contribution in [1.82, 2.24) is 10.3 Å². The van der Waals surface area contributed by atoms with Crippen molar-refractivity contribution in [2.75, 3.05) is 6.54 Å². The zero-order chi connectivity index (χ0) is 25.2. The molecule has 7 atom stereocenters. The highest BCUT2D eigenvalue weighted by molar-refractivity contribution is 7.09. The summed E-state index contributed by atoms with van der Waals surface area (Å²) < 4.78 is 11.6. The van der Waals surface area contributed by atoms with Crippen LogP contribution in [0.5, 0.6) is 0 Å². The van der Waals surface area contributed by atoms with Crippen LogP contribution in [0.25, 0.3) is 6.08 Å². The van der Waals surface area contributed by atoms with E-state index in [0.717, 1.165) is 22.7 Å². The minimum absolute atomic E-state index is 0.0323. The van der Waals surface area contributed by atoms with Gasteiger partial charge < -0.3 is 25.0 Å². The summed E-state index contributed by atoms with van der Waals surface area (Å²) in [7, 11) is 0. The number of aliphatic hydroxyl groups excluding tert-OH is 2. The first kappa shape index (κ1) is 26.9. The molecule has 2 aliphatic rings. The number of nitrogens with one attached hydrogen (secondary N) is 1. The highest BCUT2D eigenvalue weighted by Gasteiger charge is 2.44. The summed E-state index contributed by atoms with van der Waals surface area (Å²) in [4.78, 5) is 30.4. The summed E-state index contributed by atoms with van der Waals surface area (Å²) in [5.41, 5.74) is 0.440. The van der Waals surface area contributed by atoms with E-state index in [4.69, 9.17) is 9.47 Å². The number of hydrogen-bond donors (Lipinski definition) is 3. The Morgan fingerprint density at radius 1 is 1.26 bits per heavy atom. The normalized spacial score (nSPS) is 36.0. The average Bonchev–Trinajstić information content (AvgIpc) is 3.38. The number of ether oxygens (including phenoxy) is 2. The average molecular weight is 495 g/mol. The molecule has 1 aromatic rings. The quantitative estimate of drug-likeness (QED) is 0.424. The van der Waals surface area contributed by atoms with Crippen LogP contribution in [0.2, 0.25) is 0 Å². The molecule has 8 nitrogen and oxygen atoms in total. The predicted molar refractivity (Wildman–Crippen MR) is 130 cm³/mol. The molecule has 1 aromatic heterocycles. The van der Waals surface area contributed by atoms with E-state index in [2.05, 4.69) is 10.3 Å². The van der Waals surface area contributed by atoms with Gasteiger partial charge in [-0.25, -0.2) is 4.98 Å². The number of aliphatic hydroxyl groups is 2. The van der Waals surface area contributed by atoms with Crippen LogP contribution in [0, 0.1) is 18.3 Å². The second kappa shape index (κ2) is 11.0. The minimum Gasteiger partial charge on any atom is -0.458 e. The van der Waals surface area contributed by atoms with Crippen molar-refractivity contribution in [3.63, 3.8) is 0 Å². The summed E-state index contributed by atoms with van der Waals surface area (Å²) >= 11 is 1.55. The summed E-state index contributed by atoms with van der Waals surface area (Å²) in [6, 6.07) is -0.304. The van der Waals surface area contributed by atoms with Crippen molar-refractivity contribution in [2.45, 2.75) is 97.4 Å². The molecule has 0 aliphatic carbocycles. The number of hydrogen-bond acceptors (Lipinski definition) is 9. The third-order valence-corrected chi connectivity index (χ3v) is 7.88. The van der Waals surface area contributed by atoms with Crippen LogP contribution >= 0.6 is 11.3 Å². The van der Waals surface area contributed by atoms with Gasteiger partial charge in [-0.2, -0.15) is 0 Å². The van der Waals surface area contributed by atoms with Gasteiger partial charge in [0.1, 0.15) is 11.9 Å². The van der Waals surface area contributed by atoms with E-state index >= 15 is 0 Å². The fourth-order valence-corrected chi connectivity index (χ4v) is 5.05. The number of nitrogens with zero attached hydrogens (tertiary/aromatic N) is 1. The van der Waals surface area contributed by atoms with Crippen LogP contribution < -0.4 is 5.32 Å². The molecule has 3 N–H and O–H groups in total. The smallest absolute Gasteiger partial charge is 0.309 e. The van der Waals surface area contributed by atoms with Gasteiger partial charge in [-0.05, 0) is 45.4 Å². The number of carbonyl (C=O) groups is 2. The third kappa shape index (κ3) is 6.51. The SMILES string of the molecule is CC(=Cc1csc(C)n1)[C@@H]1C[C@@H]2O[C@@H]2CCN[C@@H](C)[C@@H](O)C(C)C(=O)C(C)(C)[C@@H](O)CC(=O)O1. The third-order valence-electron chi connectivity index (χ3n) is 7.09. The van der Waals surface area contributed by atoms with Crippen LogP contribution in [0.4, 0.5) is 0 Å². The van der Waals surface area contributed by atoms with E-state index in [9.17, 15) is 19.8 Å². The molecule has 0 radical (unpaired) electrons. The molecular weight excluding hydrogens is 456 g/mol. The van der Waals surface area contributed by atoms with Gasteiger partial charge in [0.25, 0.3) is 0 Å². The van der Waals surface area contributed by atoms with Crippen LogP contribution in [0.3, 0.4) is 0 Å². The highest BCUT2D eigenvalue weighted by Crippen LogP contribution is 2.34. The van der Waals surface area contributed by atoms with E-state index in [-0.39, 0.29) is 30.5 Å². The molecule has 2 aliphatic heterocycles. The van der Waals surface area contributed by atoms with Crippen LogP contribution in [-0.2, 0) is 19.1 Å². The van der Waals surface area contributed by atoms with Gasteiger partial charge in [0.15, 0.2) is 0 Å². The van der Waals surface area contributed by atoms with Gasteiger partial charge in [0, 0.05) is 23.8 Å². The molecule has 0 bridgehead atoms. The molecule has 0 aromatic carbocycles. The topological polar surface area (TPSA) is 121 Å². The van der Waals surface area contributed by atoms with Crippen LogP contribution in [-0.4, -0.2) is 70.1 Å². The minimum atomic E-state index is -1.24. The van der Waals surface area contributed by atoms with Gasteiger partial charge in [-0.1, -0.05) is 20.8 Å². The molecule has 34 heavy (non-hydrogen) atoms. The highest BCUT2D eigenvalue weighted by atomic mass is 32.1. The second-order valence-electron chi connectivity index (χ2n) is 10.2. The Morgan fingerprint density at radius 3 is 2.62 bits per heavy atom. The molecule has 9 heteroatoms. The zero-order valence-corrected chi connectivity index (χ0v) is 21.7. The van der Waals surface area contributed by atoms with E-state index in [1.165, 1.54) is 0 Å². The Labute approximate surface area is 205 Å². The molecule has 0 saturated carbocycles. The monoisotopic (exact) mass is 494 g/mol. The Bertz CT molecular complexity index is 913. The van der Waals surface area contributed by atoms with Crippen molar-refractivity contribution < 1.29 is 29.3 Å². The number of thiazole rings is 1. The lowest BCUT2D eigenvalue weighted by atomic mass is 9.74. The summed E-state index contributed by atoms with van der Waals surface area (Å²) in [6.07, 6.45) is 0.195. The van der Waals surface area contributed by atoms with Gasteiger partial charge in [0.05, 0.1) is 47.0 Å². The number of cyclic esters (lactones) is 1. The number of Topliss-reactive ketones (excluding diaryl/α,β-unsaturated/α-hetero) is 1. The van der Waals surface area contributed by atoms with Gasteiger partial charge >= 0.3 is 5.97 Å². The Kier molecular flexibility index (Phi) is 8.68. The molecule has 190 valence electrons. The number of aryl methyl sites for hydroxylation is 1. The Balaban J connectivity index is 1.81. The van der Waals surface area contributed by atoms with E-state index < -0.39 is 35.6 Å². The lowest BCUT2D eigenvalue weighted by Gasteiger charge is -2.34. The van der Waals surface area contributed by atoms with Gasteiger partial charge in [-0.3, -0.25) is 9.59 Å². The first-order chi connectivity index (χ1) is 15.9. The first-order valence-electron chi connectivity index (χ1n) is 12.0. The molecule has 3 rings (SSSR count). The molecule has 2 fully saturated rings. The fourth-order valence-electron chi connectivity index (χ4n) is 4.48. The van der Waals surface area contributed by atoms with Gasteiger partial charge in [0.2, 0.25) is 0 Å². The number of rotatable bonds is 2. The fraction of sp³-hybridized carbons (Fsp3) is 0.720. The van der Waals surface area contributed by atoms with Crippen LogP contribution in [0.15, 0.2) is 11.0 Å². The van der Waals surface area contributed by atoms with Gasteiger partial charge in [-0.15, -0.1) is 11.3 Å². The van der Waals surface area contributed by atoms with Crippen LogP contribution in [0.1, 0.15) is 64.6 Å². The number of epoxide rings is 1. The maximum absolute atomic E-state index is 13.1. The summed E-state index contributed by atoms with van der Waals surface area (Å²) in [5.74, 6) is -1.58. The van der Waals surface area contributed by atoms with E-state index in [1.54, 1.807) is 32.1 Å². The second-order valence-corrected chi connectivity index (χ2v) is 11.3. The molecule has 3 heterocycles. The summed E-state index contributed by atoms with van der Waals surface area (Å²) in [5, 5.41) is 27.7. The number of ketones is 1. The van der Waals surface area contributed by atoms with Crippen molar-refractivity contribution in [2.24, 2.45) is 11.3 Å². The molecule has 0 spiro atoms. The van der Waals surface area contributed by atoms with Crippen molar-refractivity contribution >= 4 is 29.2 Å². The Hall–Kier alpha value is -1.65. The maximum Gasteiger partial charge on any atom is 0.309 e. The molecule has 0 amide bonds. The lowest BCUT2D eigenvalue weighted by Crippen LogP contribution is -2.49. The van der Waals surface area contributed by atoms with E-state index in [1.807, 2.05) is 32.2 Å². The first-order valence-corrected chi connectivity index (χ1v) is 12.9. The van der Waals surface area contributed by atoms with Crippen molar-refractivity contribution in [3.8, 4) is 0 Å². The lowest BCUT2D eigenvalue weighted by molar-refractivity contribution is -0.154. The van der Waals surface area contributed by atoms with Crippen molar-refractivity contribution in [3.05, 3.63) is 21.7 Å². The molecular formula is C25H38N2O6S.